The lowest BCUT2D eigenvalue weighted by atomic mass is 10.2. The van der Waals surface area contributed by atoms with Gasteiger partial charge in [-0.1, -0.05) is 29.8 Å². The minimum atomic E-state index is -1.59. The first-order valence-electron chi connectivity index (χ1n) is 5.33. The van der Waals surface area contributed by atoms with Crippen molar-refractivity contribution in [2.24, 2.45) is 0 Å². The first-order chi connectivity index (χ1) is 8.43. The summed E-state index contributed by atoms with van der Waals surface area (Å²) in [6.07, 6.45) is 0. The fraction of sp³-hybridized carbons (Fsp3) is 0.0769. The number of rotatable bonds is 2. The summed E-state index contributed by atoms with van der Waals surface area (Å²) in [5.74, 6) is -0.217. The van der Waals surface area contributed by atoms with E-state index in [1.165, 1.54) is 18.2 Å². The van der Waals surface area contributed by atoms with Gasteiger partial charge in [0.05, 0.1) is 0 Å². The van der Waals surface area contributed by atoms with Crippen LogP contribution in [0.2, 0.25) is 5.02 Å². The molecule has 0 saturated heterocycles. The van der Waals surface area contributed by atoms with Crippen LogP contribution in [0.1, 0.15) is 5.56 Å². The monoisotopic (exact) mass is 266 g/mol. The van der Waals surface area contributed by atoms with Crippen LogP contribution in [0, 0.1) is 6.92 Å². The summed E-state index contributed by atoms with van der Waals surface area (Å²) in [6.45, 7) is 1.79. The van der Waals surface area contributed by atoms with Crippen LogP contribution in [-0.4, -0.2) is 15.5 Å². The van der Waals surface area contributed by atoms with Crippen molar-refractivity contribution >= 4 is 23.0 Å². The van der Waals surface area contributed by atoms with Crippen molar-refractivity contribution in [3.63, 3.8) is 0 Å². The number of aryl methyl sites for hydroxylation is 1. The molecule has 5 heteroatoms. The number of hydrogen-bond donors (Lipinski definition) is 3. The lowest BCUT2D eigenvalue weighted by Gasteiger charge is -2.21. The Bertz CT molecular complexity index is 584. The van der Waals surface area contributed by atoms with E-state index in [1.54, 1.807) is 31.2 Å². The van der Waals surface area contributed by atoms with Gasteiger partial charge in [0.25, 0.3) is 0 Å². The maximum absolute atomic E-state index is 10.2. The smallest absolute Gasteiger partial charge is 0.247 e. The number of quaternary nitrogens is 1. The molecule has 3 N–H and O–H groups in total. The third kappa shape index (κ3) is 2.19. The number of halogens is 1. The molecule has 0 bridgehead atoms. The Balaban J connectivity index is 2.61. The summed E-state index contributed by atoms with van der Waals surface area (Å²) in [5, 5.41) is 30.3. The summed E-state index contributed by atoms with van der Waals surface area (Å²) < 4.78 is 0. The second kappa shape index (κ2) is 4.59. The first kappa shape index (κ1) is 12.9. The number of benzene rings is 2. The Kier molecular flexibility index (Phi) is 3.28. The largest absolute Gasteiger partial charge is 0.503 e. The summed E-state index contributed by atoms with van der Waals surface area (Å²) in [6, 6.07) is 10.9. The van der Waals surface area contributed by atoms with Crippen molar-refractivity contribution in [1.82, 2.24) is 4.81 Å². The van der Waals surface area contributed by atoms with Crippen LogP contribution in [0.25, 0.3) is 0 Å². The van der Waals surface area contributed by atoms with Crippen molar-refractivity contribution in [2.75, 3.05) is 0 Å². The van der Waals surface area contributed by atoms with Crippen LogP contribution in [0.3, 0.4) is 0 Å². The number of para-hydroxylation sites is 1. The van der Waals surface area contributed by atoms with Crippen molar-refractivity contribution in [3.8, 4) is 5.75 Å². The van der Waals surface area contributed by atoms with E-state index >= 15 is 0 Å². The molecule has 0 fully saturated rings. The molecule has 0 saturated carbocycles. The zero-order valence-corrected chi connectivity index (χ0v) is 10.5. The van der Waals surface area contributed by atoms with Gasteiger partial charge in [0.1, 0.15) is 5.02 Å². The molecule has 0 atom stereocenters. The number of nitrogens with zero attached hydrogens (tertiary/aromatic N) is 1. The minimum absolute atomic E-state index is 0.0527. The lowest BCUT2D eigenvalue weighted by molar-refractivity contribution is -0.245. The maximum atomic E-state index is 10.2. The molecule has 2 aromatic rings. The van der Waals surface area contributed by atoms with Crippen LogP contribution < -0.4 is 4.81 Å². The molecule has 0 heterocycles. The second-order valence-corrected chi connectivity index (χ2v) is 4.45. The van der Waals surface area contributed by atoms with Gasteiger partial charge >= 0.3 is 0 Å². The molecule has 0 amide bonds. The second-order valence-electron chi connectivity index (χ2n) is 4.04. The fourth-order valence-corrected chi connectivity index (χ4v) is 1.97. The molecule has 18 heavy (non-hydrogen) atoms. The average Bonchev–Trinajstić information content (AvgIpc) is 2.32. The third-order valence-electron chi connectivity index (χ3n) is 2.66. The topological polar surface area (TPSA) is 60.7 Å². The molecular weight excluding hydrogens is 254 g/mol. The molecule has 94 valence electrons. The molecule has 2 rings (SSSR count). The highest BCUT2D eigenvalue weighted by atomic mass is 35.5. The number of hydrogen-bond acceptors (Lipinski definition) is 3. The van der Waals surface area contributed by atoms with E-state index in [0.29, 0.717) is 0 Å². The van der Waals surface area contributed by atoms with Gasteiger partial charge in [0.2, 0.25) is 11.4 Å². The Morgan fingerprint density at radius 2 is 1.67 bits per heavy atom. The molecule has 0 radical (unpaired) electrons. The van der Waals surface area contributed by atoms with Crippen LogP contribution in [0.4, 0.5) is 11.4 Å². The average molecular weight is 267 g/mol. The van der Waals surface area contributed by atoms with Crippen molar-refractivity contribution in [3.05, 3.63) is 53.1 Å². The van der Waals surface area contributed by atoms with Gasteiger partial charge < -0.3 is 5.11 Å². The summed E-state index contributed by atoms with van der Waals surface area (Å²) in [5.41, 5.74) is 0.809. The first-order valence-corrected chi connectivity index (χ1v) is 5.70. The predicted octanol–water partition coefficient (Wildman–Crippen LogP) is 3.77. The number of phenolic OH excluding ortho intramolecular Hbond substituents is 1. The molecule has 0 aliphatic rings. The third-order valence-corrected chi connectivity index (χ3v) is 2.97. The normalized spacial score (nSPS) is 11.6. The lowest BCUT2D eigenvalue weighted by Crippen LogP contribution is -2.36. The van der Waals surface area contributed by atoms with Crippen molar-refractivity contribution in [1.29, 1.82) is 0 Å². The molecule has 2 aromatic carbocycles. The van der Waals surface area contributed by atoms with Gasteiger partial charge in [0.15, 0.2) is 5.75 Å². The van der Waals surface area contributed by atoms with Gasteiger partial charge in [-0.3, -0.25) is 0 Å². The Labute approximate surface area is 109 Å². The SMILES string of the molecule is Cc1ccc(O)c([N+](O)(O)c2ccccc2Cl)c1. The van der Waals surface area contributed by atoms with E-state index in [1.807, 2.05) is 0 Å². The zero-order valence-electron chi connectivity index (χ0n) is 9.71. The molecule has 0 aliphatic carbocycles. The predicted molar refractivity (Wildman–Crippen MR) is 69.3 cm³/mol. The molecular formula is C13H13ClNO3+. The summed E-state index contributed by atoms with van der Waals surface area (Å²) in [7, 11) is 0. The van der Waals surface area contributed by atoms with Gasteiger partial charge in [-0.25, -0.2) is 0 Å². The maximum Gasteiger partial charge on any atom is 0.247 e. The van der Waals surface area contributed by atoms with E-state index in [0.717, 1.165) is 5.56 Å². The highest BCUT2D eigenvalue weighted by Crippen LogP contribution is 2.40. The van der Waals surface area contributed by atoms with E-state index in [9.17, 15) is 15.5 Å². The zero-order chi connectivity index (χ0) is 13.3. The fourth-order valence-electron chi connectivity index (χ4n) is 1.72. The van der Waals surface area contributed by atoms with Gasteiger partial charge in [-0.15, -0.1) is 0 Å². The van der Waals surface area contributed by atoms with E-state index in [4.69, 9.17) is 11.6 Å². The van der Waals surface area contributed by atoms with Crippen molar-refractivity contribution < 1.29 is 15.5 Å². The van der Waals surface area contributed by atoms with E-state index < -0.39 is 4.81 Å². The molecule has 0 aromatic heterocycles. The highest BCUT2D eigenvalue weighted by molar-refractivity contribution is 6.33. The minimum Gasteiger partial charge on any atom is -0.503 e. The summed E-state index contributed by atoms with van der Waals surface area (Å²) >= 11 is 5.93. The molecule has 0 aliphatic heterocycles. The summed E-state index contributed by atoms with van der Waals surface area (Å²) in [4.78, 5) is -1.59. The van der Waals surface area contributed by atoms with Gasteiger partial charge in [-0.05, 0) is 24.6 Å². The van der Waals surface area contributed by atoms with Crippen molar-refractivity contribution in [2.45, 2.75) is 6.92 Å². The number of phenols is 1. The van der Waals surface area contributed by atoms with E-state index in [-0.39, 0.29) is 22.1 Å². The van der Waals surface area contributed by atoms with E-state index in [2.05, 4.69) is 0 Å². The molecule has 0 spiro atoms. The standard InChI is InChI=1S/C13H12ClNO3/c1-9-6-7-13(16)12(8-9)15(17,18)11-5-3-2-4-10(11)14/h2-8,17-18H,1H3/p+1. The van der Waals surface area contributed by atoms with Crippen LogP contribution in [-0.2, 0) is 0 Å². The van der Waals surface area contributed by atoms with Gasteiger partial charge in [0, 0.05) is 16.9 Å². The van der Waals surface area contributed by atoms with Crippen LogP contribution in [0.5, 0.6) is 5.75 Å². The molecule has 0 unspecified atom stereocenters. The Morgan fingerprint density at radius 3 is 2.33 bits per heavy atom. The quantitative estimate of drug-likeness (QED) is 0.573. The van der Waals surface area contributed by atoms with Crippen LogP contribution >= 0.6 is 11.6 Å². The number of aromatic hydroxyl groups is 1. The molecule has 4 nitrogen and oxygen atoms in total. The van der Waals surface area contributed by atoms with Gasteiger partial charge in [-0.2, -0.15) is 10.4 Å². The Hall–Kier alpha value is -1.59. The van der Waals surface area contributed by atoms with Crippen LogP contribution in [0.15, 0.2) is 42.5 Å². The highest BCUT2D eigenvalue weighted by Gasteiger charge is 2.36. The Morgan fingerprint density at radius 1 is 1.00 bits per heavy atom.